The summed E-state index contributed by atoms with van der Waals surface area (Å²) in [6, 6.07) is 13.7. The number of unbranched alkanes of at least 4 members (excludes halogenated alkanes) is 1. The van der Waals surface area contributed by atoms with Gasteiger partial charge in [0.2, 0.25) is 0 Å². The highest BCUT2D eigenvalue weighted by Crippen LogP contribution is 2.25. The first-order chi connectivity index (χ1) is 17.9. The monoisotopic (exact) mass is 510 g/mol. The number of amides is 2. The second kappa shape index (κ2) is 14.7. The third-order valence-electron chi connectivity index (χ3n) is 6.89. The Morgan fingerprint density at radius 1 is 1.08 bits per heavy atom. The molecule has 0 bridgehead atoms. The summed E-state index contributed by atoms with van der Waals surface area (Å²) in [5, 5.41) is 12.6. The van der Waals surface area contributed by atoms with Crippen LogP contribution in [0.5, 0.6) is 0 Å². The van der Waals surface area contributed by atoms with Crippen LogP contribution in [0, 0.1) is 13.8 Å². The van der Waals surface area contributed by atoms with Crippen LogP contribution in [-0.2, 0) is 22.6 Å². The number of nitrogens with one attached hydrogen (secondary N) is 1. The first kappa shape index (κ1) is 28.7. The minimum Gasteiger partial charge on any atom is -0.478 e. The lowest BCUT2D eigenvalue weighted by molar-refractivity contribution is -0.0526. The van der Waals surface area contributed by atoms with Crippen LogP contribution in [0.15, 0.2) is 42.5 Å². The SMILES string of the molecule is CCCCNC(=O)N(CCO[C@@H]1CCC[C@H](OCc2cccc(C)c2C(=O)O)C1)Cc1cccc(C)c1. The molecule has 1 saturated carbocycles. The Morgan fingerprint density at radius 2 is 1.84 bits per heavy atom. The Bertz CT molecular complexity index is 1020. The molecule has 37 heavy (non-hydrogen) atoms. The van der Waals surface area contributed by atoms with Crippen molar-refractivity contribution in [1.82, 2.24) is 10.2 Å². The number of hydrogen-bond donors (Lipinski definition) is 2. The van der Waals surface area contributed by atoms with Crippen molar-refractivity contribution < 1.29 is 24.2 Å². The van der Waals surface area contributed by atoms with Crippen molar-refractivity contribution in [3.8, 4) is 0 Å². The molecular formula is C30H42N2O5. The van der Waals surface area contributed by atoms with E-state index in [1.165, 1.54) is 5.56 Å². The maximum Gasteiger partial charge on any atom is 0.336 e. The van der Waals surface area contributed by atoms with Crippen molar-refractivity contribution in [2.45, 2.75) is 84.7 Å². The van der Waals surface area contributed by atoms with Gasteiger partial charge in [-0.15, -0.1) is 0 Å². The molecule has 1 aliphatic carbocycles. The molecule has 2 aromatic rings. The average Bonchev–Trinajstić information content (AvgIpc) is 2.87. The van der Waals surface area contributed by atoms with Gasteiger partial charge in [-0.1, -0.05) is 61.4 Å². The highest BCUT2D eigenvalue weighted by atomic mass is 16.5. The van der Waals surface area contributed by atoms with E-state index >= 15 is 0 Å². The van der Waals surface area contributed by atoms with E-state index in [9.17, 15) is 14.7 Å². The molecule has 0 spiro atoms. The molecule has 1 aliphatic rings. The van der Waals surface area contributed by atoms with Gasteiger partial charge in [-0.05, 0) is 62.6 Å². The lowest BCUT2D eigenvalue weighted by Crippen LogP contribution is -2.42. The summed E-state index contributed by atoms with van der Waals surface area (Å²) in [6.07, 6.45) is 5.77. The van der Waals surface area contributed by atoms with Crippen molar-refractivity contribution >= 4 is 12.0 Å². The van der Waals surface area contributed by atoms with Crippen molar-refractivity contribution in [2.24, 2.45) is 0 Å². The Labute approximate surface area is 221 Å². The molecule has 2 aromatic carbocycles. The molecule has 2 atom stereocenters. The average molecular weight is 511 g/mol. The number of rotatable bonds is 13. The number of ether oxygens (including phenoxy) is 2. The van der Waals surface area contributed by atoms with Crippen LogP contribution in [0.4, 0.5) is 4.79 Å². The minimum absolute atomic E-state index is 0.0293. The predicted octanol–water partition coefficient (Wildman–Crippen LogP) is 5.86. The summed E-state index contributed by atoms with van der Waals surface area (Å²) in [6.45, 7) is 8.45. The fraction of sp³-hybridized carbons (Fsp3) is 0.533. The van der Waals surface area contributed by atoms with Gasteiger partial charge in [-0.3, -0.25) is 0 Å². The number of nitrogens with zero attached hydrogens (tertiary/aromatic N) is 1. The maximum absolute atomic E-state index is 12.9. The van der Waals surface area contributed by atoms with E-state index in [-0.39, 0.29) is 24.8 Å². The molecule has 0 aromatic heterocycles. The van der Waals surface area contributed by atoms with Gasteiger partial charge in [0.25, 0.3) is 0 Å². The predicted molar refractivity (Wildman–Crippen MR) is 145 cm³/mol. The van der Waals surface area contributed by atoms with Crippen molar-refractivity contribution in [3.63, 3.8) is 0 Å². The fourth-order valence-electron chi connectivity index (χ4n) is 4.86. The first-order valence-electron chi connectivity index (χ1n) is 13.5. The normalized spacial score (nSPS) is 17.4. The number of carboxylic acids is 1. The summed E-state index contributed by atoms with van der Waals surface area (Å²) in [5.74, 6) is -0.921. The lowest BCUT2D eigenvalue weighted by Gasteiger charge is -2.30. The van der Waals surface area contributed by atoms with Crippen LogP contribution in [0.2, 0.25) is 0 Å². The maximum atomic E-state index is 12.9. The molecule has 0 heterocycles. The van der Waals surface area contributed by atoms with Crippen molar-refractivity contribution in [3.05, 3.63) is 70.3 Å². The molecule has 7 heteroatoms. The molecule has 202 valence electrons. The summed E-state index contributed by atoms with van der Waals surface area (Å²) >= 11 is 0. The molecule has 0 radical (unpaired) electrons. The number of carbonyl (C=O) groups is 2. The Balaban J connectivity index is 1.51. The zero-order chi connectivity index (χ0) is 26.6. The third-order valence-corrected chi connectivity index (χ3v) is 6.89. The van der Waals surface area contributed by atoms with Crippen LogP contribution in [-0.4, -0.2) is 53.9 Å². The van der Waals surface area contributed by atoms with E-state index in [0.29, 0.717) is 37.4 Å². The summed E-state index contributed by atoms with van der Waals surface area (Å²) in [5.41, 5.74) is 4.06. The van der Waals surface area contributed by atoms with Gasteiger partial charge in [0, 0.05) is 19.6 Å². The van der Waals surface area contributed by atoms with Gasteiger partial charge >= 0.3 is 12.0 Å². The standard InChI is InChI=1S/C30H42N2O5/c1-4-5-15-31-30(35)32(20-24-11-6-9-22(2)18-24)16-17-36-26-13-8-14-27(19-26)37-21-25-12-7-10-23(3)28(25)29(33)34/h6-7,9-12,18,26-27H,4-5,8,13-17,19-21H2,1-3H3,(H,31,35)(H,33,34)/t26-,27+/m1/s1. The first-order valence-corrected chi connectivity index (χ1v) is 13.5. The number of hydrogen-bond acceptors (Lipinski definition) is 4. The molecule has 3 rings (SSSR count). The highest BCUT2D eigenvalue weighted by Gasteiger charge is 2.24. The zero-order valence-corrected chi connectivity index (χ0v) is 22.5. The van der Waals surface area contributed by atoms with Gasteiger partial charge in [0.15, 0.2) is 0 Å². The number of urea groups is 1. The van der Waals surface area contributed by atoms with Gasteiger partial charge < -0.3 is 24.8 Å². The van der Waals surface area contributed by atoms with E-state index in [4.69, 9.17) is 9.47 Å². The number of carbonyl (C=O) groups excluding carboxylic acids is 1. The summed E-state index contributed by atoms with van der Waals surface area (Å²) in [4.78, 5) is 26.3. The number of aromatic carboxylic acids is 1. The third kappa shape index (κ3) is 9.17. The Kier molecular flexibility index (Phi) is 11.4. The van der Waals surface area contributed by atoms with Gasteiger partial charge in [-0.25, -0.2) is 9.59 Å². The van der Waals surface area contributed by atoms with Crippen LogP contribution >= 0.6 is 0 Å². The Morgan fingerprint density at radius 3 is 2.57 bits per heavy atom. The number of benzene rings is 2. The van der Waals surface area contributed by atoms with Crippen LogP contribution in [0.3, 0.4) is 0 Å². The minimum atomic E-state index is -0.921. The Hall–Kier alpha value is -2.90. The zero-order valence-electron chi connectivity index (χ0n) is 22.5. The number of carboxylic acid groups (broad SMARTS) is 1. The molecule has 0 unspecified atom stereocenters. The van der Waals surface area contributed by atoms with E-state index in [2.05, 4.69) is 31.3 Å². The quantitative estimate of drug-likeness (QED) is 0.330. The van der Waals surface area contributed by atoms with Crippen molar-refractivity contribution in [2.75, 3.05) is 19.7 Å². The molecule has 0 saturated heterocycles. The van der Waals surface area contributed by atoms with E-state index in [1.807, 2.05) is 42.2 Å². The van der Waals surface area contributed by atoms with Crippen LogP contribution in [0.25, 0.3) is 0 Å². The largest absolute Gasteiger partial charge is 0.478 e. The molecule has 0 aliphatic heterocycles. The van der Waals surface area contributed by atoms with E-state index < -0.39 is 5.97 Å². The van der Waals surface area contributed by atoms with Crippen molar-refractivity contribution in [1.29, 1.82) is 0 Å². The lowest BCUT2D eigenvalue weighted by atomic mass is 9.94. The second-order valence-electron chi connectivity index (χ2n) is 10.0. The summed E-state index contributed by atoms with van der Waals surface area (Å²) in [7, 11) is 0. The highest BCUT2D eigenvalue weighted by molar-refractivity contribution is 5.91. The van der Waals surface area contributed by atoms with Gasteiger partial charge in [-0.2, -0.15) is 0 Å². The molecule has 2 N–H and O–H groups in total. The topological polar surface area (TPSA) is 88.1 Å². The van der Waals surface area contributed by atoms with Crippen LogP contribution in [0.1, 0.15) is 78.1 Å². The number of aryl methyl sites for hydroxylation is 2. The van der Waals surface area contributed by atoms with Gasteiger partial charge in [0.1, 0.15) is 0 Å². The second-order valence-corrected chi connectivity index (χ2v) is 10.0. The molecule has 1 fully saturated rings. The summed E-state index contributed by atoms with van der Waals surface area (Å²) < 4.78 is 12.4. The molecule has 2 amide bonds. The molecule has 7 nitrogen and oxygen atoms in total. The van der Waals surface area contributed by atoms with Gasteiger partial charge in [0.05, 0.1) is 31.0 Å². The molecular weight excluding hydrogens is 468 g/mol. The van der Waals surface area contributed by atoms with E-state index in [0.717, 1.165) is 49.7 Å². The van der Waals surface area contributed by atoms with Crippen LogP contribution < -0.4 is 5.32 Å². The fourth-order valence-corrected chi connectivity index (χ4v) is 4.86. The smallest absolute Gasteiger partial charge is 0.336 e. The van der Waals surface area contributed by atoms with E-state index in [1.54, 1.807) is 0 Å².